The lowest BCUT2D eigenvalue weighted by atomic mass is 9.90. The molecule has 4 heteroatoms. The summed E-state index contributed by atoms with van der Waals surface area (Å²) in [6.07, 6.45) is 5.25. The van der Waals surface area contributed by atoms with E-state index < -0.39 is 0 Å². The first-order valence-corrected chi connectivity index (χ1v) is 11.7. The number of benzene rings is 2. The van der Waals surface area contributed by atoms with E-state index in [-0.39, 0.29) is 0 Å². The van der Waals surface area contributed by atoms with Gasteiger partial charge < -0.3 is 14.5 Å². The molecular formula is C26H37N3O. The molecule has 0 radical (unpaired) electrons. The average molecular weight is 408 g/mol. The molecular weight excluding hydrogens is 370 g/mol. The van der Waals surface area contributed by atoms with Crippen molar-refractivity contribution in [3.63, 3.8) is 0 Å². The van der Waals surface area contributed by atoms with Gasteiger partial charge in [-0.2, -0.15) is 0 Å². The maximum absolute atomic E-state index is 5.54. The Hall–Kier alpha value is -2.04. The summed E-state index contributed by atoms with van der Waals surface area (Å²) in [6, 6.07) is 19.4. The fourth-order valence-electron chi connectivity index (χ4n) is 4.98. The van der Waals surface area contributed by atoms with Gasteiger partial charge in [-0.05, 0) is 75.5 Å². The first-order chi connectivity index (χ1) is 14.8. The molecule has 0 unspecified atom stereocenters. The molecule has 0 N–H and O–H groups in total. The van der Waals surface area contributed by atoms with Crippen LogP contribution in [0.4, 0.5) is 5.69 Å². The van der Waals surface area contributed by atoms with E-state index in [1.54, 1.807) is 7.11 Å². The second-order valence-electron chi connectivity index (χ2n) is 8.83. The minimum absolute atomic E-state index is 0.867. The van der Waals surface area contributed by atoms with Crippen LogP contribution in [0.3, 0.4) is 0 Å². The fourth-order valence-corrected chi connectivity index (χ4v) is 4.98. The molecule has 0 aromatic heterocycles. The van der Waals surface area contributed by atoms with Crippen molar-refractivity contribution in [1.82, 2.24) is 9.80 Å². The molecule has 2 heterocycles. The molecule has 0 spiro atoms. The van der Waals surface area contributed by atoms with E-state index in [1.807, 2.05) is 6.07 Å². The minimum Gasteiger partial charge on any atom is -0.495 e. The number of hydrogen-bond acceptors (Lipinski definition) is 4. The number of ether oxygens (including phenoxy) is 1. The Morgan fingerprint density at radius 3 is 2.10 bits per heavy atom. The summed E-state index contributed by atoms with van der Waals surface area (Å²) in [7, 11) is 1.76. The van der Waals surface area contributed by atoms with Crippen molar-refractivity contribution < 1.29 is 4.74 Å². The van der Waals surface area contributed by atoms with E-state index in [0.717, 1.165) is 37.8 Å². The minimum atomic E-state index is 0.867. The summed E-state index contributed by atoms with van der Waals surface area (Å²) in [5, 5.41) is 0. The second-order valence-corrected chi connectivity index (χ2v) is 8.83. The van der Waals surface area contributed by atoms with Gasteiger partial charge in [0.25, 0.3) is 0 Å². The zero-order valence-electron chi connectivity index (χ0n) is 18.5. The molecule has 2 saturated heterocycles. The zero-order chi connectivity index (χ0) is 20.6. The first kappa shape index (κ1) is 21.2. The number of rotatable bonds is 8. The summed E-state index contributed by atoms with van der Waals surface area (Å²) in [6.45, 7) is 9.51. The third kappa shape index (κ3) is 5.77. The number of piperazine rings is 1. The van der Waals surface area contributed by atoms with Crippen molar-refractivity contribution in [2.24, 2.45) is 5.92 Å². The van der Waals surface area contributed by atoms with Gasteiger partial charge >= 0.3 is 0 Å². The Labute approximate surface area is 182 Å². The number of nitrogens with zero attached hydrogens (tertiary/aromatic N) is 3. The topological polar surface area (TPSA) is 19.0 Å². The largest absolute Gasteiger partial charge is 0.495 e. The molecule has 4 nitrogen and oxygen atoms in total. The Morgan fingerprint density at radius 1 is 0.767 bits per heavy atom. The van der Waals surface area contributed by atoms with E-state index >= 15 is 0 Å². The van der Waals surface area contributed by atoms with Crippen LogP contribution in [0.25, 0.3) is 0 Å². The molecule has 0 amide bonds. The van der Waals surface area contributed by atoms with Gasteiger partial charge in [-0.3, -0.25) is 4.90 Å². The summed E-state index contributed by atoms with van der Waals surface area (Å²) < 4.78 is 5.54. The SMILES string of the molecule is COc1ccccc1N1CCN(CCCN2CCC(Cc3ccccc3)CC2)CC1. The number of hydrogen-bond donors (Lipinski definition) is 0. The number of anilines is 1. The van der Waals surface area contributed by atoms with Crippen molar-refractivity contribution in [3.05, 3.63) is 60.2 Å². The third-order valence-electron chi connectivity index (χ3n) is 6.82. The van der Waals surface area contributed by atoms with Gasteiger partial charge in [-0.25, -0.2) is 0 Å². The van der Waals surface area contributed by atoms with Gasteiger partial charge in [0.15, 0.2) is 0 Å². The number of likely N-dealkylation sites (tertiary alicyclic amines) is 1. The highest BCUT2D eigenvalue weighted by Gasteiger charge is 2.21. The first-order valence-electron chi connectivity index (χ1n) is 11.7. The van der Waals surface area contributed by atoms with Gasteiger partial charge in [0.1, 0.15) is 5.75 Å². The standard InChI is InChI=1S/C26H37N3O/c1-30-26-11-6-5-10-25(26)29-20-18-28(19-21-29)15-7-14-27-16-12-24(13-17-27)22-23-8-3-2-4-9-23/h2-6,8-11,24H,7,12-22H2,1H3. The van der Waals surface area contributed by atoms with Crippen LogP contribution in [0, 0.1) is 5.92 Å². The lowest BCUT2D eigenvalue weighted by Gasteiger charge is -2.37. The van der Waals surface area contributed by atoms with E-state index in [9.17, 15) is 0 Å². The molecule has 0 saturated carbocycles. The number of piperidine rings is 1. The molecule has 0 bridgehead atoms. The van der Waals surface area contributed by atoms with Gasteiger partial charge in [-0.15, -0.1) is 0 Å². The Balaban J connectivity index is 1.12. The van der Waals surface area contributed by atoms with Crippen LogP contribution in [-0.4, -0.2) is 69.3 Å². The second kappa shape index (κ2) is 10.8. The van der Waals surface area contributed by atoms with E-state index in [4.69, 9.17) is 4.74 Å². The summed E-state index contributed by atoms with van der Waals surface area (Å²) in [5.41, 5.74) is 2.74. The van der Waals surface area contributed by atoms with Crippen LogP contribution in [0.1, 0.15) is 24.8 Å². The predicted molar refractivity (Wildman–Crippen MR) is 126 cm³/mol. The van der Waals surface area contributed by atoms with Gasteiger partial charge in [-0.1, -0.05) is 42.5 Å². The van der Waals surface area contributed by atoms with E-state index in [1.165, 1.54) is 63.1 Å². The molecule has 162 valence electrons. The van der Waals surface area contributed by atoms with Gasteiger partial charge in [0.05, 0.1) is 12.8 Å². The van der Waals surface area contributed by atoms with Crippen LogP contribution in [0.2, 0.25) is 0 Å². The summed E-state index contributed by atoms with van der Waals surface area (Å²) in [4.78, 5) is 7.79. The van der Waals surface area contributed by atoms with Crippen LogP contribution >= 0.6 is 0 Å². The predicted octanol–water partition coefficient (Wildman–Crippen LogP) is 4.16. The van der Waals surface area contributed by atoms with Crippen molar-refractivity contribution in [2.45, 2.75) is 25.7 Å². The van der Waals surface area contributed by atoms with Crippen molar-refractivity contribution in [3.8, 4) is 5.75 Å². The Morgan fingerprint density at radius 2 is 1.40 bits per heavy atom. The van der Waals surface area contributed by atoms with E-state index in [2.05, 4.69) is 63.2 Å². The van der Waals surface area contributed by atoms with Crippen LogP contribution in [-0.2, 0) is 6.42 Å². The molecule has 4 rings (SSSR count). The molecule has 2 fully saturated rings. The number of para-hydroxylation sites is 2. The summed E-state index contributed by atoms with van der Waals surface area (Å²) >= 11 is 0. The highest BCUT2D eigenvalue weighted by molar-refractivity contribution is 5.58. The smallest absolute Gasteiger partial charge is 0.142 e. The molecule has 2 aromatic rings. The zero-order valence-corrected chi connectivity index (χ0v) is 18.5. The maximum Gasteiger partial charge on any atom is 0.142 e. The van der Waals surface area contributed by atoms with Crippen LogP contribution < -0.4 is 9.64 Å². The van der Waals surface area contributed by atoms with Crippen molar-refractivity contribution in [2.75, 3.05) is 64.4 Å². The Bertz CT molecular complexity index is 750. The molecule has 30 heavy (non-hydrogen) atoms. The highest BCUT2D eigenvalue weighted by Crippen LogP contribution is 2.28. The lowest BCUT2D eigenvalue weighted by Crippen LogP contribution is -2.47. The van der Waals surface area contributed by atoms with Crippen molar-refractivity contribution in [1.29, 1.82) is 0 Å². The fraction of sp³-hybridized carbons (Fsp3) is 0.538. The van der Waals surface area contributed by atoms with Gasteiger partial charge in [0.2, 0.25) is 0 Å². The quantitative estimate of drug-likeness (QED) is 0.654. The third-order valence-corrected chi connectivity index (χ3v) is 6.82. The molecule has 0 aliphatic carbocycles. The lowest BCUT2D eigenvalue weighted by molar-refractivity contribution is 0.169. The molecule has 2 aliphatic heterocycles. The van der Waals surface area contributed by atoms with Crippen molar-refractivity contribution >= 4 is 5.69 Å². The van der Waals surface area contributed by atoms with Crippen LogP contribution in [0.5, 0.6) is 5.75 Å². The summed E-state index contributed by atoms with van der Waals surface area (Å²) in [5.74, 6) is 1.85. The Kier molecular flexibility index (Phi) is 7.65. The normalized spacial score (nSPS) is 19.2. The number of methoxy groups -OCH3 is 1. The van der Waals surface area contributed by atoms with Crippen LogP contribution in [0.15, 0.2) is 54.6 Å². The average Bonchev–Trinajstić information content (AvgIpc) is 2.81. The molecule has 2 aromatic carbocycles. The maximum atomic E-state index is 5.54. The monoisotopic (exact) mass is 407 g/mol. The van der Waals surface area contributed by atoms with E-state index in [0.29, 0.717) is 0 Å². The molecule has 2 aliphatic rings. The van der Waals surface area contributed by atoms with Gasteiger partial charge in [0, 0.05) is 26.2 Å². The molecule has 0 atom stereocenters. The highest BCUT2D eigenvalue weighted by atomic mass is 16.5.